The monoisotopic (exact) mass is 229 g/mol. The average Bonchev–Trinajstić information content (AvgIpc) is 2.89. The maximum Gasteiger partial charge on any atom is 0.332 e. The van der Waals surface area contributed by atoms with Crippen LogP contribution < -0.4 is 0 Å². The minimum Gasteiger partial charge on any atom is -0.464 e. The van der Waals surface area contributed by atoms with Gasteiger partial charge in [0.15, 0.2) is 0 Å². The van der Waals surface area contributed by atoms with Crippen LogP contribution in [0.1, 0.15) is 20.3 Å². The van der Waals surface area contributed by atoms with Gasteiger partial charge in [-0.05, 0) is 32.2 Å². The summed E-state index contributed by atoms with van der Waals surface area (Å²) in [5.41, 5.74) is 0. The van der Waals surface area contributed by atoms with E-state index in [0.29, 0.717) is 13.2 Å². The molecule has 0 amide bonds. The van der Waals surface area contributed by atoms with Crippen LogP contribution in [0.2, 0.25) is 0 Å². The van der Waals surface area contributed by atoms with Gasteiger partial charge >= 0.3 is 5.97 Å². The van der Waals surface area contributed by atoms with E-state index in [0.717, 1.165) is 24.9 Å². The summed E-state index contributed by atoms with van der Waals surface area (Å²) >= 11 is 0. The lowest BCUT2D eigenvalue weighted by atomic mass is 10.3. The van der Waals surface area contributed by atoms with Crippen molar-refractivity contribution < 1.29 is 14.3 Å². The second-order valence-corrected chi connectivity index (χ2v) is 4.59. The van der Waals surface area contributed by atoms with Crippen molar-refractivity contribution in [3.63, 3.8) is 0 Å². The van der Waals surface area contributed by atoms with Gasteiger partial charge in [0.25, 0.3) is 0 Å². The molecule has 0 aromatic rings. The highest BCUT2D eigenvalue weighted by atomic mass is 16.6. The van der Waals surface area contributed by atoms with Crippen LogP contribution in [-0.2, 0) is 14.3 Å². The number of likely N-dealkylation sites (N-methyl/N-ethyl adjacent to an activating group) is 1. The molecule has 1 rings (SSSR count). The van der Waals surface area contributed by atoms with E-state index < -0.39 is 0 Å². The van der Waals surface area contributed by atoms with Crippen LogP contribution in [0.3, 0.4) is 0 Å². The minimum absolute atomic E-state index is 0.0709. The summed E-state index contributed by atoms with van der Waals surface area (Å²) in [4.78, 5) is 13.2. The summed E-state index contributed by atoms with van der Waals surface area (Å²) < 4.78 is 9.99. The lowest BCUT2D eigenvalue weighted by molar-refractivity contribution is -0.148. The second kappa shape index (κ2) is 6.86. The van der Waals surface area contributed by atoms with Crippen molar-refractivity contribution in [3.05, 3.63) is 0 Å². The first kappa shape index (κ1) is 13.5. The Balaban J connectivity index is 1.92. The summed E-state index contributed by atoms with van der Waals surface area (Å²) in [6.07, 6.45) is 1.36. The molecule has 2 unspecified atom stereocenters. The van der Waals surface area contributed by atoms with Crippen LogP contribution >= 0.6 is 0 Å². The molecule has 0 heterocycles. The Morgan fingerprint density at radius 1 is 1.50 bits per heavy atom. The normalized spacial score (nSPS) is 23.5. The first-order chi connectivity index (χ1) is 7.63. The highest BCUT2D eigenvalue weighted by Crippen LogP contribution is 2.37. The van der Waals surface area contributed by atoms with Crippen molar-refractivity contribution in [2.24, 2.45) is 11.8 Å². The number of hydrogen-bond acceptors (Lipinski definition) is 4. The summed E-state index contributed by atoms with van der Waals surface area (Å²) in [5, 5.41) is 0. The Hall–Kier alpha value is -0.610. The highest BCUT2D eigenvalue weighted by molar-refractivity contribution is 5.70. The smallest absolute Gasteiger partial charge is 0.332 e. The molecule has 16 heavy (non-hydrogen) atoms. The summed E-state index contributed by atoms with van der Waals surface area (Å²) in [6.45, 7) is 7.18. The summed E-state index contributed by atoms with van der Waals surface area (Å²) in [6, 6.07) is 0. The number of hydrogen-bond donors (Lipinski definition) is 0. The number of carbonyl (C=O) groups excluding carboxylic acids is 1. The lowest BCUT2D eigenvalue weighted by Gasteiger charge is -2.16. The van der Waals surface area contributed by atoms with Crippen LogP contribution in [0.15, 0.2) is 0 Å². The third-order valence-corrected chi connectivity index (χ3v) is 2.96. The van der Waals surface area contributed by atoms with Gasteiger partial charge < -0.3 is 14.4 Å². The van der Waals surface area contributed by atoms with E-state index in [4.69, 9.17) is 9.47 Å². The van der Waals surface area contributed by atoms with Crippen molar-refractivity contribution >= 4 is 5.97 Å². The molecular weight excluding hydrogens is 206 g/mol. The molecule has 1 aliphatic rings. The zero-order valence-electron chi connectivity index (χ0n) is 10.6. The Labute approximate surface area is 97.9 Å². The molecule has 0 aliphatic heterocycles. The molecule has 0 spiro atoms. The first-order valence-corrected chi connectivity index (χ1v) is 6.05. The van der Waals surface area contributed by atoms with Crippen molar-refractivity contribution in [1.82, 2.24) is 4.90 Å². The molecule has 0 bridgehead atoms. The van der Waals surface area contributed by atoms with Crippen LogP contribution in [0.25, 0.3) is 0 Å². The lowest BCUT2D eigenvalue weighted by Crippen LogP contribution is -2.26. The first-order valence-electron chi connectivity index (χ1n) is 6.05. The fourth-order valence-corrected chi connectivity index (χ4v) is 1.72. The van der Waals surface area contributed by atoms with E-state index in [9.17, 15) is 4.79 Å². The molecule has 2 atom stereocenters. The van der Waals surface area contributed by atoms with Gasteiger partial charge in [-0.2, -0.15) is 0 Å². The maximum atomic E-state index is 11.0. The van der Waals surface area contributed by atoms with Gasteiger partial charge in [-0.3, -0.25) is 0 Å². The van der Waals surface area contributed by atoms with Crippen molar-refractivity contribution in [1.29, 1.82) is 0 Å². The third kappa shape index (κ3) is 5.47. The molecule has 0 aromatic carbocycles. The maximum absolute atomic E-state index is 11.0. The standard InChI is InChI=1S/C12H23NO3/c1-4-16-12(14)9-15-6-5-13(3)8-11-7-10(11)2/h10-11H,4-9H2,1-3H3. The molecule has 4 nitrogen and oxygen atoms in total. The van der Waals surface area contributed by atoms with Crippen molar-refractivity contribution in [2.75, 3.05) is 40.0 Å². The molecule has 94 valence electrons. The van der Waals surface area contributed by atoms with E-state index in [1.807, 2.05) is 0 Å². The number of rotatable bonds is 8. The number of esters is 1. The Morgan fingerprint density at radius 2 is 2.19 bits per heavy atom. The summed E-state index contributed by atoms with van der Waals surface area (Å²) in [7, 11) is 2.10. The molecule has 0 radical (unpaired) electrons. The van der Waals surface area contributed by atoms with Crippen molar-refractivity contribution in [3.8, 4) is 0 Å². The fourth-order valence-electron chi connectivity index (χ4n) is 1.72. The van der Waals surface area contributed by atoms with Crippen LogP contribution in [0, 0.1) is 11.8 Å². The second-order valence-electron chi connectivity index (χ2n) is 4.59. The molecular formula is C12H23NO3. The van der Waals surface area contributed by atoms with E-state index in [-0.39, 0.29) is 12.6 Å². The van der Waals surface area contributed by atoms with Gasteiger partial charge in [-0.25, -0.2) is 4.79 Å². The number of carbonyl (C=O) groups is 1. The van der Waals surface area contributed by atoms with Gasteiger partial charge in [0.2, 0.25) is 0 Å². The molecule has 4 heteroatoms. The Morgan fingerprint density at radius 3 is 2.75 bits per heavy atom. The quantitative estimate of drug-likeness (QED) is 0.462. The Bertz CT molecular complexity index is 220. The number of nitrogens with zero attached hydrogens (tertiary/aromatic N) is 1. The minimum atomic E-state index is -0.277. The van der Waals surface area contributed by atoms with E-state index in [1.165, 1.54) is 6.42 Å². The number of ether oxygens (including phenoxy) is 2. The van der Waals surface area contributed by atoms with Crippen LogP contribution in [-0.4, -0.2) is 50.8 Å². The summed E-state index contributed by atoms with van der Waals surface area (Å²) in [5.74, 6) is 1.49. The van der Waals surface area contributed by atoms with Gasteiger partial charge in [0.05, 0.1) is 13.2 Å². The Kier molecular flexibility index (Phi) is 5.77. The van der Waals surface area contributed by atoms with Gasteiger partial charge in [-0.15, -0.1) is 0 Å². The molecule has 1 fully saturated rings. The zero-order chi connectivity index (χ0) is 12.0. The average molecular weight is 229 g/mol. The van der Waals surface area contributed by atoms with Crippen molar-refractivity contribution in [2.45, 2.75) is 20.3 Å². The van der Waals surface area contributed by atoms with E-state index >= 15 is 0 Å². The van der Waals surface area contributed by atoms with E-state index in [1.54, 1.807) is 6.92 Å². The molecule has 0 saturated heterocycles. The highest BCUT2D eigenvalue weighted by Gasteiger charge is 2.32. The van der Waals surface area contributed by atoms with Gasteiger partial charge in [-0.1, -0.05) is 6.92 Å². The van der Waals surface area contributed by atoms with Gasteiger partial charge in [0.1, 0.15) is 6.61 Å². The molecule has 0 aromatic heterocycles. The fraction of sp³-hybridized carbons (Fsp3) is 0.917. The molecule has 0 N–H and O–H groups in total. The predicted octanol–water partition coefficient (Wildman–Crippen LogP) is 1.15. The zero-order valence-corrected chi connectivity index (χ0v) is 10.6. The van der Waals surface area contributed by atoms with Crippen LogP contribution in [0.5, 0.6) is 0 Å². The van der Waals surface area contributed by atoms with Gasteiger partial charge in [0, 0.05) is 13.1 Å². The topological polar surface area (TPSA) is 38.8 Å². The largest absolute Gasteiger partial charge is 0.464 e. The van der Waals surface area contributed by atoms with E-state index in [2.05, 4.69) is 18.9 Å². The predicted molar refractivity (Wildman–Crippen MR) is 62.2 cm³/mol. The molecule has 1 saturated carbocycles. The van der Waals surface area contributed by atoms with Crippen LogP contribution in [0.4, 0.5) is 0 Å². The SMILES string of the molecule is CCOC(=O)COCCN(C)CC1CC1C. The third-order valence-electron chi connectivity index (χ3n) is 2.96. The molecule has 1 aliphatic carbocycles.